The first-order valence-electron chi connectivity index (χ1n) is 17.8. The minimum atomic E-state index is -1.15. The molecule has 2 aliphatic heterocycles. The number of fused-ring (bicyclic) bond motifs is 1. The van der Waals surface area contributed by atoms with Crippen molar-refractivity contribution in [3.63, 3.8) is 0 Å². The Kier molecular flexibility index (Phi) is 8.83. The quantitative estimate of drug-likeness (QED) is 0.229. The number of halogens is 1. The van der Waals surface area contributed by atoms with Crippen LogP contribution in [0.2, 0.25) is 0 Å². The fourth-order valence-corrected chi connectivity index (χ4v) is 8.68. The van der Waals surface area contributed by atoms with E-state index in [1.165, 1.54) is 29.8 Å². The Morgan fingerprint density at radius 3 is 2.49 bits per heavy atom. The van der Waals surface area contributed by atoms with Gasteiger partial charge in [-0.25, -0.2) is 9.37 Å². The van der Waals surface area contributed by atoms with Gasteiger partial charge in [-0.15, -0.1) is 11.3 Å². The minimum Gasteiger partial charge on any atom is -0.388 e. The van der Waals surface area contributed by atoms with E-state index in [2.05, 4.69) is 9.97 Å². The Labute approximate surface area is 299 Å². The third-order valence-electron chi connectivity index (χ3n) is 10.9. The van der Waals surface area contributed by atoms with E-state index in [0.29, 0.717) is 60.7 Å². The molecule has 1 saturated carbocycles. The van der Waals surface area contributed by atoms with Gasteiger partial charge in [-0.2, -0.15) is 0 Å². The van der Waals surface area contributed by atoms with Crippen molar-refractivity contribution < 1.29 is 19.1 Å². The van der Waals surface area contributed by atoms with Crippen molar-refractivity contribution in [2.75, 3.05) is 26.2 Å². The van der Waals surface area contributed by atoms with Crippen molar-refractivity contribution in [3.8, 4) is 10.4 Å². The number of likely N-dealkylation sites (tertiary alicyclic amines) is 2. The van der Waals surface area contributed by atoms with E-state index in [1.54, 1.807) is 11.1 Å². The Morgan fingerprint density at radius 1 is 0.980 bits per heavy atom. The van der Waals surface area contributed by atoms with E-state index in [4.69, 9.17) is 0 Å². The van der Waals surface area contributed by atoms with Crippen LogP contribution in [0, 0.1) is 24.6 Å². The molecule has 0 unspecified atom stereocenters. The molecule has 1 N–H and O–H groups in total. The van der Waals surface area contributed by atoms with Gasteiger partial charge in [0, 0.05) is 73.1 Å². The molecule has 6 heterocycles. The molecule has 1 aliphatic carbocycles. The zero-order valence-electron chi connectivity index (χ0n) is 28.6. The Balaban J connectivity index is 0.948. The highest BCUT2D eigenvalue weighted by Crippen LogP contribution is 2.38. The number of pyridine rings is 1. The van der Waals surface area contributed by atoms with Gasteiger partial charge in [-0.05, 0) is 68.7 Å². The highest BCUT2D eigenvalue weighted by molar-refractivity contribution is 7.17. The number of piperidine rings is 2. The van der Waals surface area contributed by atoms with E-state index in [1.807, 2.05) is 71.1 Å². The van der Waals surface area contributed by atoms with Crippen molar-refractivity contribution in [1.82, 2.24) is 28.9 Å². The zero-order chi connectivity index (χ0) is 35.3. The number of aryl methyl sites for hydroxylation is 1. The molecule has 4 aromatic heterocycles. The zero-order valence-corrected chi connectivity index (χ0v) is 29.4. The molecule has 10 nitrogen and oxygen atoms in total. The summed E-state index contributed by atoms with van der Waals surface area (Å²) in [5.74, 6) is -0.930. The van der Waals surface area contributed by atoms with Crippen LogP contribution < -0.4 is 5.56 Å². The van der Waals surface area contributed by atoms with E-state index < -0.39 is 11.4 Å². The van der Waals surface area contributed by atoms with Crippen LogP contribution in [0.5, 0.6) is 0 Å². The molecular weight excluding hydrogens is 668 g/mol. The number of aromatic nitrogens is 4. The lowest BCUT2D eigenvalue weighted by atomic mass is 9.79. The maximum absolute atomic E-state index is 15.2. The van der Waals surface area contributed by atoms with Crippen LogP contribution in [0.1, 0.15) is 59.0 Å². The van der Waals surface area contributed by atoms with E-state index in [-0.39, 0.29) is 47.2 Å². The number of aliphatic hydroxyl groups is 1. The molecule has 8 rings (SSSR count). The molecule has 0 radical (unpaired) electrons. The smallest absolute Gasteiger partial charge is 0.266 e. The van der Waals surface area contributed by atoms with Gasteiger partial charge >= 0.3 is 0 Å². The monoisotopic (exact) mass is 708 g/mol. The predicted molar refractivity (Wildman–Crippen MR) is 193 cm³/mol. The number of carbonyl (C=O) groups excluding carboxylic acids is 2. The molecule has 0 bridgehead atoms. The third-order valence-corrected chi connectivity index (χ3v) is 12.0. The van der Waals surface area contributed by atoms with Crippen molar-refractivity contribution in [2.45, 2.75) is 63.6 Å². The summed E-state index contributed by atoms with van der Waals surface area (Å²) in [5.41, 5.74) is 1.93. The summed E-state index contributed by atoms with van der Waals surface area (Å²) in [6, 6.07) is 16.7. The molecule has 12 heteroatoms. The van der Waals surface area contributed by atoms with Crippen LogP contribution in [-0.4, -0.2) is 77.6 Å². The van der Waals surface area contributed by atoms with Crippen molar-refractivity contribution in [1.29, 1.82) is 0 Å². The third kappa shape index (κ3) is 6.74. The van der Waals surface area contributed by atoms with Gasteiger partial charge < -0.3 is 19.5 Å². The molecule has 264 valence electrons. The average Bonchev–Trinajstić information content (AvgIpc) is 3.75. The standard InChI is InChI=1S/C39H41FN6O4S/c1-25-7-10-28(20-41-25)33-19-32(40)34(51-33)38(49)45-16-11-29(31(22-45)27-5-3-2-4-6-27)36(47)43-17-13-39(50,14-18-43)23-46-24-42-35-30(37(46)48)12-15-44(35)21-26-8-9-26/h2-7,10,12,15,19-20,24,26,29,31,50H,8-9,11,13-14,16-18,21-23H2,1H3/t29-,31+/m1/s1. The van der Waals surface area contributed by atoms with Crippen LogP contribution in [0.25, 0.3) is 21.5 Å². The fraction of sp³-hybridized carbons (Fsp3) is 0.410. The van der Waals surface area contributed by atoms with E-state index >= 15 is 4.39 Å². The molecule has 2 atom stereocenters. The lowest BCUT2D eigenvalue weighted by Gasteiger charge is -2.43. The molecule has 0 spiro atoms. The molecule has 5 aromatic rings. The number of amides is 2. The maximum Gasteiger partial charge on any atom is 0.266 e. The second-order valence-electron chi connectivity index (χ2n) is 14.5. The largest absolute Gasteiger partial charge is 0.388 e. The Morgan fingerprint density at radius 2 is 1.76 bits per heavy atom. The number of thiophene rings is 1. The van der Waals surface area contributed by atoms with Gasteiger partial charge in [-0.1, -0.05) is 36.4 Å². The normalized spacial score (nSPS) is 20.5. The van der Waals surface area contributed by atoms with Gasteiger partial charge in [-0.3, -0.25) is 23.9 Å². The van der Waals surface area contributed by atoms with Crippen molar-refractivity contribution >= 4 is 34.2 Å². The first-order valence-corrected chi connectivity index (χ1v) is 18.6. The second-order valence-corrected chi connectivity index (χ2v) is 15.6. The van der Waals surface area contributed by atoms with Gasteiger partial charge in [0.15, 0.2) is 0 Å². The van der Waals surface area contributed by atoms with Crippen LogP contribution in [0.4, 0.5) is 4.39 Å². The lowest BCUT2D eigenvalue weighted by Crippen LogP contribution is -2.53. The number of carbonyl (C=O) groups is 2. The number of benzene rings is 1. The molecular formula is C39H41FN6O4S. The first-order chi connectivity index (χ1) is 24.7. The van der Waals surface area contributed by atoms with E-state index in [9.17, 15) is 19.5 Å². The highest BCUT2D eigenvalue weighted by atomic mass is 32.1. The maximum atomic E-state index is 15.2. The van der Waals surface area contributed by atoms with Gasteiger partial charge in [0.25, 0.3) is 11.5 Å². The van der Waals surface area contributed by atoms with Crippen LogP contribution in [0.3, 0.4) is 0 Å². The first kappa shape index (κ1) is 33.5. The molecule has 3 fully saturated rings. The number of nitrogens with zero attached hydrogens (tertiary/aromatic N) is 6. The van der Waals surface area contributed by atoms with Crippen LogP contribution in [-0.2, 0) is 17.9 Å². The molecule has 2 amide bonds. The summed E-state index contributed by atoms with van der Waals surface area (Å²) in [6.07, 6.45) is 8.65. The molecule has 1 aromatic carbocycles. The molecule has 2 saturated heterocycles. The van der Waals surface area contributed by atoms with Gasteiger partial charge in [0.05, 0.1) is 17.5 Å². The topological polar surface area (TPSA) is 114 Å². The average molecular weight is 709 g/mol. The number of hydrogen-bond donors (Lipinski definition) is 1. The van der Waals surface area contributed by atoms with E-state index in [0.717, 1.165) is 34.7 Å². The van der Waals surface area contributed by atoms with Crippen LogP contribution in [0.15, 0.2) is 78.1 Å². The molecule has 3 aliphatic rings. The van der Waals surface area contributed by atoms with Gasteiger partial charge in [0.1, 0.15) is 22.7 Å². The predicted octanol–water partition coefficient (Wildman–Crippen LogP) is 5.48. The number of rotatable bonds is 8. The second kappa shape index (κ2) is 13.5. The summed E-state index contributed by atoms with van der Waals surface area (Å²) in [7, 11) is 0. The Bertz CT molecular complexity index is 2130. The van der Waals surface area contributed by atoms with Gasteiger partial charge in [0.2, 0.25) is 5.91 Å². The highest BCUT2D eigenvalue weighted by Gasteiger charge is 2.42. The van der Waals surface area contributed by atoms with Crippen LogP contribution >= 0.6 is 11.3 Å². The summed E-state index contributed by atoms with van der Waals surface area (Å²) in [4.78, 5) is 54.4. The summed E-state index contributed by atoms with van der Waals surface area (Å²) < 4.78 is 18.8. The SMILES string of the molecule is Cc1ccc(-c2cc(F)c(C(=O)N3CC[C@@H](C(=O)N4CCC(O)(Cn5cnc6c(ccn6CC6CC6)c5=O)CC4)[C@H](c4ccccc4)C3)s2)cn1. The minimum absolute atomic E-state index is 0.00767. The van der Waals surface area contributed by atoms with Crippen molar-refractivity contribution in [2.24, 2.45) is 11.8 Å². The summed E-state index contributed by atoms with van der Waals surface area (Å²) >= 11 is 1.12. The summed E-state index contributed by atoms with van der Waals surface area (Å²) in [5, 5.41) is 12.2. The fourth-order valence-electron chi connectivity index (χ4n) is 7.68. The lowest BCUT2D eigenvalue weighted by molar-refractivity contribution is -0.142. The summed E-state index contributed by atoms with van der Waals surface area (Å²) in [6.45, 7) is 4.19. The number of hydrogen-bond acceptors (Lipinski definition) is 7. The Hall–Kier alpha value is -4.68. The molecule has 51 heavy (non-hydrogen) atoms. The van der Waals surface area contributed by atoms with Crippen molar-refractivity contribution in [3.05, 3.63) is 106 Å².